The summed E-state index contributed by atoms with van der Waals surface area (Å²) >= 11 is 0. The molecule has 1 aromatic carbocycles. The summed E-state index contributed by atoms with van der Waals surface area (Å²) in [5.74, 6) is -0.158. The first-order valence-corrected chi connectivity index (χ1v) is 7.85. The number of benzene rings is 1. The van der Waals surface area contributed by atoms with Gasteiger partial charge >= 0.3 is 5.97 Å². The number of aryl methyl sites for hydroxylation is 1. The van der Waals surface area contributed by atoms with Crippen LogP contribution in [0.4, 0.5) is 5.82 Å². The number of hydrogen-bond acceptors (Lipinski definition) is 4. The molecule has 1 aromatic heterocycles. The Hall–Kier alpha value is -2.60. The molecule has 1 aliphatic heterocycles. The van der Waals surface area contributed by atoms with Gasteiger partial charge in [0, 0.05) is 26.2 Å². The Bertz CT molecular complexity index is 835. The summed E-state index contributed by atoms with van der Waals surface area (Å²) in [6.45, 7) is 4.63. The maximum Gasteiger partial charge on any atom is 0.335 e. The van der Waals surface area contributed by atoms with Crippen LogP contribution in [0.15, 0.2) is 35.1 Å². The molecular formula is C18H20N2O4. The lowest BCUT2D eigenvalue weighted by Gasteiger charge is -2.30. The maximum absolute atomic E-state index is 12.4. The van der Waals surface area contributed by atoms with Crippen LogP contribution in [0.2, 0.25) is 0 Å². The number of hydrogen-bond donors (Lipinski definition) is 1. The fourth-order valence-corrected chi connectivity index (χ4v) is 2.94. The molecule has 1 fully saturated rings. The van der Waals surface area contributed by atoms with E-state index in [1.165, 1.54) is 0 Å². The van der Waals surface area contributed by atoms with E-state index in [4.69, 9.17) is 4.74 Å². The number of aromatic nitrogens is 1. The molecule has 2 heterocycles. The van der Waals surface area contributed by atoms with E-state index in [1.54, 1.807) is 35.9 Å². The Kier molecular flexibility index (Phi) is 4.40. The first kappa shape index (κ1) is 16.3. The Morgan fingerprint density at radius 1 is 1.17 bits per heavy atom. The molecular weight excluding hydrogens is 308 g/mol. The van der Waals surface area contributed by atoms with Crippen molar-refractivity contribution in [3.8, 4) is 11.1 Å². The first-order chi connectivity index (χ1) is 11.5. The summed E-state index contributed by atoms with van der Waals surface area (Å²) in [7, 11) is 1.75. The fraction of sp³-hybridized carbons (Fsp3) is 0.333. The Balaban J connectivity index is 2.12. The summed E-state index contributed by atoms with van der Waals surface area (Å²) in [6, 6.07) is 8.46. The van der Waals surface area contributed by atoms with Gasteiger partial charge in [-0.3, -0.25) is 9.36 Å². The minimum absolute atomic E-state index is 0.117. The predicted molar refractivity (Wildman–Crippen MR) is 91.8 cm³/mol. The number of carbonyl (C=O) groups is 1. The maximum atomic E-state index is 12.4. The Morgan fingerprint density at radius 3 is 2.54 bits per heavy atom. The average Bonchev–Trinajstić information content (AvgIpc) is 2.58. The normalized spacial score (nSPS) is 14.7. The number of aromatic carboxylic acids is 1. The second kappa shape index (κ2) is 6.49. The third-order valence-corrected chi connectivity index (χ3v) is 4.37. The van der Waals surface area contributed by atoms with Crippen molar-refractivity contribution in [2.45, 2.75) is 6.92 Å². The molecule has 0 bridgehead atoms. The Morgan fingerprint density at radius 2 is 1.88 bits per heavy atom. The highest BCUT2D eigenvalue weighted by Crippen LogP contribution is 2.27. The van der Waals surface area contributed by atoms with Crippen LogP contribution in [0.5, 0.6) is 0 Å². The third kappa shape index (κ3) is 3.05. The van der Waals surface area contributed by atoms with E-state index in [-0.39, 0.29) is 11.1 Å². The molecule has 0 atom stereocenters. The summed E-state index contributed by atoms with van der Waals surface area (Å²) in [6.07, 6.45) is 0. The van der Waals surface area contributed by atoms with E-state index in [0.29, 0.717) is 13.2 Å². The van der Waals surface area contributed by atoms with E-state index in [2.05, 4.69) is 4.90 Å². The summed E-state index contributed by atoms with van der Waals surface area (Å²) in [5, 5.41) is 9.22. The highest BCUT2D eigenvalue weighted by atomic mass is 16.5. The second-order valence-corrected chi connectivity index (χ2v) is 5.93. The molecule has 0 radical (unpaired) electrons. The van der Waals surface area contributed by atoms with Gasteiger partial charge in [0.15, 0.2) is 0 Å². The first-order valence-electron chi connectivity index (χ1n) is 7.85. The molecule has 6 nitrogen and oxygen atoms in total. The van der Waals surface area contributed by atoms with E-state index >= 15 is 0 Å². The van der Waals surface area contributed by atoms with Crippen LogP contribution in [-0.4, -0.2) is 41.9 Å². The molecule has 0 unspecified atom stereocenters. The lowest BCUT2D eigenvalue weighted by molar-refractivity contribution is 0.0697. The van der Waals surface area contributed by atoms with E-state index in [0.717, 1.165) is 35.6 Å². The minimum atomic E-state index is -0.978. The molecule has 0 aliphatic carbocycles. The number of morpholine rings is 1. The van der Waals surface area contributed by atoms with Crippen molar-refractivity contribution < 1.29 is 14.6 Å². The number of rotatable bonds is 3. The van der Waals surface area contributed by atoms with Gasteiger partial charge < -0.3 is 14.7 Å². The van der Waals surface area contributed by atoms with Crippen LogP contribution in [0.3, 0.4) is 0 Å². The van der Waals surface area contributed by atoms with Crippen molar-refractivity contribution in [1.29, 1.82) is 0 Å². The quantitative estimate of drug-likeness (QED) is 0.932. The van der Waals surface area contributed by atoms with Crippen LogP contribution in [0.1, 0.15) is 15.9 Å². The fourth-order valence-electron chi connectivity index (χ4n) is 2.94. The molecule has 1 saturated heterocycles. The molecule has 1 aliphatic rings. The van der Waals surface area contributed by atoms with Gasteiger partial charge in [-0.2, -0.15) is 0 Å². The largest absolute Gasteiger partial charge is 0.478 e. The van der Waals surface area contributed by atoms with E-state index in [1.807, 2.05) is 13.0 Å². The predicted octanol–water partition coefficient (Wildman–Crippen LogP) is 1.90. The van der Waals surface area contributed by atoms with E-state index < -0.39 is 5.97 Å². The van der Waals surface area contributed by atoms with Crippen LogP contribution >= 0.6 is 0 Å². The van der Waals surface area contributed by atoms with Crippen LogP contribution in [0, 0.1) is 6.92 Å². The van der Waals surface area contributed by atoms with Gasteiger partial charge in [-0.05, 0) is 41.8 Å². The second-order valence-electron chi connectivity index (χ2n) is 5.93. The van der Waals surface area contributed by atoms with Gasteiger partial charge in [0.05, 0.1) is 18.8 Å². The third-order valence-electron chi connectivity index (χ3n) is 4.37. The monoisotopic (exact) mass is 328 g/mol. The lowest BCUT2D eigenvalue weighted by atomic mass is 9.98. The molecule has 2 aromatic rings. The molecule has 3 rings (SSSR count). The number of nitrogens with zero attached hydrogens (tertiary/aromatic N) is 2. The number of carboxylic acid groups (broad SMARTS) is 1. The molecule has 126 valence electrons. The van der Waals surface area contributed by atoms with Gasteiger partial charge in [0.25, 0.3) is 5.56 Å². The number of pyridine rings is 1. The summed E-state index contributed by atoms with van der Waals surface area (Å²) < 4.78 is 6.99. The van der Waals surface area contributed by atoms with Gasteiger partial charge in [-0.25, -0.2) is 4.79 Å². The molecule has 6 heteroatoms. The number of anilines is 1. The lowest BCUT2D eigenvalue weighted by Crippen LogP contribution is -2.39. The van der Waals surface area contributed by atoms with Crippen molar-refractivity contribution in [2.24, 2.45) is 7.05 Å². The zero-order valence-electron chi connectivity index (χ0n) is 13.8. The summed E-state index contributed by atoms with van der Waals surface area (Å²) in [5.41, 5.74) is 2.53. The zero-order chi connectivity index (χ0) is 17.3. The van der Waals surface area contributed by atoms with Crippen LogP contribution < -0.4 is 10.5 Å². The van der Waals surface area contributed by atoms with Crippen molar-refractivity contribution in [2.75, 3.05) is 31.2 Å². The molecule has 0 spiro atoms. The number of carboxylic acids is 1. The van der Waals surface area contributed by atoms with Crippen molar-refractivity contribution in [3.63, 3.8) is 0 Å². The van der Waals surface area contributed by atoms with Crippen LogP contribution in [-0.2, 0) is 11.8 Å². The van der Waals surface area contributed by atoms with Crippen LogP contribution in [0.25, 0.3) is 11.1 Å². The van der Waals surface area contributed by atoms with Gasteiger partial charge in [-0.1, -0.05) is 6.07 Å². The molecule has 0 amide bonds. The van der Waals surface area contributed by atoms with Crippen molar-refractivity contribution in [3.05, 3.63) is 51.8 Å². The summed E-state index contributed by atoms with van der Waals surface area (Å²) in [4.78, 5) is 25.8. The minimum Gasteiger partial charge on any atom is -0.478 e. The van der Waals surface area contributed by atoms with Crippen molar-refractivity contribution in [1.82, 2.24) is 4.57 Å². The molecule has 1 N–H and O–H groups in total. The molecule has 0 saturated carbocycles. The SMILES string of the molecule is Cc1ccc(C(=O)O)cc1-c1cc(N2CCOCC2)n(C)c(=O)c1. The van der Waals surface area contributed by atoms with Gasteiger partial charge in [-0.15, -0.1) is 0 Å². The average molecular weight is 328 g/mol. The zero-order valence-corrected chi connectivity index (χ0v) is 13.8. The molecule has 24 heavy (non-hydrogen) atoms. The number of ether oxygens (including phenoxy) is 1. The van der Waals surface area contributed by atoms with Crippen molar-refractivity contribution >= 4 is 11.8 Å². The van der Waals surface area contributed by atoms with E-state index in [9.17, 15) is 14.7 Å². The standard InChI is InChI=1S/C18H20N2O4/c1-12-3-4-13(18(22)23)9-15(12)14-10-16(19(2)17(21)11-14)20-5-7-24-8-6-20/h3-4,9-11H,5-8H2,1-2H3,(H,22,23). The highest BCUT2D eigenvalue weighted by Gasteiger charge is 2.17. The smallest absolute Gasteiger partial charge is 0.335 e. The highest BCUT2D eigenvalue weighted by molar-refractivity contribution is 5.90. The van der Waals surface area contributed by atoms with Gasteiger partial charge in [0.2, 0.25) is 0 Å². The Labute approximate surface area is 139 Å². The van der Waals surface area contributed by atoms with Gasteiger partial charge in [0.1, 0.15) is 5.82 Å². The topological polar surface area (TPSA) is 71.8 Å².